The van der Waals surface area contributed by atoms with Crippen molar-refractivity contribution < 1.29 is 35.9 Å². The molecular formula is C19H21F4N3O4S2. The van der Waals surface area contributed by atoms with Gasteiger partial charge in [0.2, 0.25) is 0 Å². The van der Waals surface area contributed by atoms with E-state index in [9.17, 15) is 35.9 Å². The lowest BCUT2D eigenvalue weighted by Crippen LogP contribution is -2.54. The zero-order valence-corrected chi connectivity index (χ0v) is 18.7. The van der Waals surface area contributed by atoms with Crippen molar-refractivity contribution in [3.05, 3.63) is 46.6 Å². The van der Waals surface area contributed by atoms with E-state index in [1.54, 1.807) is 6.92 Å². The average Bonchev–Trinajstić information content (AvgIpc) is 3.18. The Hall–Kier alpha value is -2.22. The van der Waals surface area contributed by atoms with Crippen molar-refractivity contribution in [1.82, 2.24) is 4.31 Å². The van der Waals surface area contributed by atoms with E-state index in [2.05, 4.69) is 0 Å². The lowest BCUT2D eigenvalue weighted by Gasteiger charge is -2.40. The van der Waals surface area contributed by atoms with Crippen LogP contribution in [0.1, 0.15) is 24.3 Å². The molecule has 1 aromatic carbocycles. The highest BCUT2D eigenvalue weighted by Crippen LogP contribution is 2.39. The van der Waals surface area contributed by atoms with E-state index in [-0.39, 0.29) is 34.4 Å². The molecule has 1 saturated heterocycles. The molecule has 1 aromatic heterocycles. The van der Waals surface area contributed by atoms with Gasteiger partial charge < -0.3 is 15.7 Å². The van der Waals surface area contributed by atoms with Gasteiger partial charge in [-0.3, -0.25) is 4.79 Å². The molecule has 32 heavy (non-hydrogen) atoms. The Balaban J connectivity index is 1.85. The number of piperazine rings is 1. The summed E-state index contributed by atoms with van der Waals surface area (Å²) >= 11 is 0.691. The van der Waals surface area contributed by atoms with E-state index in [0.29, 0.717) is 17.4 Å². The standard InChI is InChI=1S/C19H21F4N3O4S2/c1-11-10-25(14-4-3-12(20)9-13(14)19(21,22)23)7-8-26(11)32(29,30)16-6-5-15(31-16)18(2,28)17(24)27/h3-6,9,11,28H,7-8,10H2,1-2H3,(H2,24,27)/t11-,18?/m1/s1. The van der Waals surface area contributed by atoms with Gasteiger partial charge in [0.05, 0.1) is 5.56 Å². The summed E-state index contributed by atoms with van der Waals surface area (Å²) < 4.78 is 80.8. The molecule has 0 aliphatic carbocycles. The summed E-state index contributed by atoms with van der Waals surface area (Å²) in [5.41, 5.74) is 1.76. The zero-order valence-electron chi connectivity index (χ0n) is 17.1. The molecule has 1 aliphatic heterocycles. The van der Waals surface area contributed by atoms with Crippen LogP contribution >= 0.6 is 11.3 Å². The lowest BCUT2D eigenvalue weighted by atomic mass is 10.1. The van der Waals surface area contributed by atoms with Gasteiger partial charge in [-0.2, -0.15) is 17.5 Å². The number of alkyl halides is 3. The third kappa shape index (κ3) is 4.47. The molecule has 0 saturated carbocycles. The summed E-state index contributed by atoms with van der Waals surface area (Å²) in [6, 6.07) is 4.20. The Morgan fingerprint density at radius 3 is 2.44 bits per heavy atom. The van der Waals surface area contributed by atoms with Crippen molar-refractivity contribution in [1.29, 1.82) is 0 Å². The molecule has 13 heteroatoms. The second-order valence-electron chi connectivity index (χ2n) is 7.63. The number of primary amides is 1. The number of halogens is 4. The van der Waals surface area contributed by atoms with Crippen molar-refractivity contribution in [3.8, 4) is 0 Å². The number of carbonyl (C=O) groups excluding carboxylic acids is 1. The molecule has 7 nitrogen and oxygen atoms in total. The SMILES string of the molecule is C[C@@H]1CN(c2ccc(F)cc2C(F)(F)F)CCN1S(=O)(=O)c1ccc(C(C)(O)C(N)=O)s1. The van der Waals surface area contributed by atoms with E-state index in [4.69, 9.17) is 5.73 Å². The van der Waals surface area contributed by atoms with E-state index < -0.39 is 45.1 Å². The maximum atomic E-state index is 13.4. The van der Waals surface area contributed by atoms with E-state index in [0.717, 1.165) is 23.4 Å². The number of thiophene rings is 1. The summed E-state index contributed by atoms with van der Waals surface area (Å²) in [4.78, 5) is 12.9. The van der Waals surface area contributed by atoms with Crippen LogP contribution in [-0.4, -0.2) is 49.4 Å². The van der Waals surface area contributed by atoms with Crippen molar-refractivity contribution in [2.24, 2.45) is 5.73 Å². The summed E-state index contributed by atoms with van der Waals surface area (Å²) in [6.45, 7) is 2.49. The average molecular weight is 496 g/mol. The first-order valence-electron chi connectivity index (χ1n) is 9.42. The third-order valence-electron chi connectivity index (χ3n) is 5.28. The number of hydrogen-bond acceptors (Lipinski definition) is 6. The van der Waals surface area contributed by atoms with Crippen LogP contribution < -0.4 is 10.6 Å². The number of aliphatic hydroxyl groups is 1. The monoisotopic (exact) mass is 495 g/mol. The minimum atomic E-state index is -4.77. The molecule has 1 fully saturated rings. The fourth-order valence-electron chi connectivity index (χ4n) is 3.49. The van der Waals surface area contributed by atoms with Gasteiger partial charge in [0.25, 0.3) is 15.9 Å². The number of rotatable bonds is 5. The fraction of sp³-hybridized carbons (Fsp3) is 0.421. The predicted molar refractivity (Wildman–Crippen MR) is 110 cm³/mol. The summed E-state index contributed by atoms with van der Waals surface area (Å²) in [5, 5.41) is 10.2. The van der Waals surface area contributed by atoms with Crippen molar-refractivity contribution in [2.45, 2.75) is 35.9 Å². The number of benzene rings is 1. The minimum Gasteiger partial charge on any atom is -0.375 e. The first kappa shape index (κ1) is 24.4. The predicted octanol–water partition coefficient (Wildman–Crippen LogP) is 2.50. The summed E-state index contributed by atoms with van der Waals surface area (Å²) in [5.74, 6) is -2.05. The number of nitrogens with zero attached hydrogens (tertiary/aromatic N) is 2. The molecular weight excluding hydrogens is 474 g/mol. The molecule has 2 atom stereocenters. The molecule has 1 amide bonds. The second-order valence-corrected chi connectivity index (χ2v) is 10.8. The Kier molecular flexibility index (Phi) is 6.32. The molecule has 176 valence electrons. The topological polar surface area (TPSA) is 104 Å². The quantitative estimate of drug-likeness (QED) is 0.621. The number of anilines is 1. The molecule has 1 unspecified atom stereocenters. The van der Waals surface area contributed by atoms with Crippen LogP contribution in [0.25, 0.3) is 0 Å². The van der Waals surface area contributed by atoms with Crippen molar-refractivity contribution in [2.75, 3.05) is 24.5 Å². The third-order valence-corrected chi connectivity index (χ3v) is 9.05. The largest absolute Gasteiger partial charge is 0.418 e. The smallest absolute Gasteiger partial charge is 0.375 e. The van der Waals surface area contributed by atoms with Gasteiger partial charge in [-0.1, -0.05) is 0 Å². The second kappa shape index (κ2) is 8.28. The molecule has 3 N–H and O–H groups in total. The summed E-state index contributed by atoms with van der Waals surface area (Å²) in [7, 11) is -4.05. The Morgan fingerprint density at radius 1 is 1.22 bits per heavy atom. The van der Waals surface area contributed by atoms with Crippen molar-refractivity contribution in [3.63, 3.8) is 0 Å². The van der Waals surface area contributed by atoms with Crippen LogP contribution in [0, 0.1) is 5.82 Å². The van der Waals surface area contributed by atoms with Gasteiger partial charge in [-0.05, 0) is 44.2 Å². The van der Waals surface area contributed by atoms with Gasteiger partial charge in [0.15, 0.2) is 5.60 Å². The van der Waals surface area contributed by atoms with Crippen LogP contribution in [0.15, 0.2) is 34.5 Å². The lowest BCUT2D eigenvalue weighted by molar-refractivity contribution is -0.137. The zero-order chi connectivity index (χ0) is 24.1. The Bertz CT molecular complexity index is 1130. The van der Waals surface area contributed by atoms with E-state index in [1.165, 1.54) is 17.0 Å². The van der Waals surface area contributed by atoms with Gasteiger partial charge in [-0.15, -0.1) is 11.3 Å². The normalized spacial score (nSPS) is 20.2. The number of nitrogens with two attached hydrogens (primary N) is 1. The highest BCUT2D eigenvalue weighted by molar-refractivity contribution is 7.91. The maximum absolute atomic E-state index is 13.4. The molecule has 2 heterocycles. The molecule has 3 rings (SSSR count). The van der Waals surface area contributed by atoms with Gasteiger partial charge in [-0.25, -0.2) is 12.8 Å². The molecule has 2 aromatic rings. The highest BCUT2D eigenvalue weighted by Gasteiger charge is 2.40. The Morgan fingerprint density at radius 2 is 1.88 bits per heavy atom. The molecule has 1 aliphatic rings. The van der Waals surface area contributed by atoms with Crippen LogP contribution in [0.5, 0.6) is 0 Å². The molecule has 0 spiro atoms. The van der Waals surface area contributed by atoms with Crippen LogP contribution in [0.2, 0.25) is 0 Å². The van der Waals surface area contributed by atoms with Gasteiger partial charge >= 0.3 is 6.18 Å². The molecule has 0 bridgehead atoms. The van der Waals surface area contributed by atoms with E-state index in [1.807, 2.05) is 0 Å². The first-order valence-corrected chi connectivity index (χ1v) is 11.7. The fourth-order valence-corrected chi connectivity index (χ4v) is 6.58. The van der Waals surface area contributed by atoms with Gasteiger partial charge in [0, 0.05) is 36.2 Å². The summed E-state index contributed by atoms with van der Waals surface area (Å²) in [6.07, 6.45) is -4.77. The van der Waals surface area contributed by atoms with Gasteiger partial charge in [0.1, 0.15) is 10.0 Å². The van der Waals surface area contributed by atoms with Crippen molar-refractivity contribution >= 4 is 33.0 Å². The van der Waals surface area contributed by atoms with Crippen LogP contribution in [0.3, 0.4) is 0 Å². The molecule has 0 radical (unpaired) electrons. The number of sulfonamides is 1. The number of amides is 1. The minimum absolute atomic E-state index is 0.0461. The maximum Gasteiger partial charge on any atom is 0.418 e. The highest BCUT2D eigenvalue weighted by atomic mass is 32.2. The van der Waals surface area contributed by atoms with E-state index >= 15 is 0 Å². The number of carbonyl (C=O) groups is 1. The Labute approximate surface area is 186 Å². The first-order chi connectivity index (χ1) is 14.7. The van der Waals surface area contributed by atoms with Crippen LogP contribution in [-0.2, 0) is 26.6 Å². The van der Waals surface area contributed by atoms with Crippen LogP contribution in [0.4, 0.5) is 23.2 Å². The number of hydrogen-bond donors (Lipinski definition) is 2.